The minimum Gasteiger partial charge on any atom is -0.460 e. The number of anilines is 1. The van der Waals surface area contributed by atoms with Gasteiger partial charge in [0, 0.05) is 25.2 Å². The van der Waals surface area contributed by atoms with Gasteiger partial charge in [0.1, 0.15) is 23.1 Å². The van der Waals surface area contributed by atoms with Crippen molar-refractivity contribution >= 4 is 23.5 Å². The van der Waals surface area contributed by atoms with Crippen molar-refractivity contribution in [1.29, 1.82) is 0 Å². The number of nitrogens with zero attached hydrogens (tertiary/aromatic N) is 1. The molecule has 0 saturated heterocycles. The fourth-order valence-electron chi connectivity index (χ4n) is 3.01. The van der Waals surface area contributed by atoms with E-state index in [0.717, 1.165) is 6.07 Å². The first-order chi connectivity index (χ1) is 15.7. The van der Waals surface area contributed by atoms with Gasteiger partial charge in [-0.1, -0.05) is 0 Å². The van der Waals surface area contributed by atoms with Gasteiger partial charge in [-0.2, -0.15) is 0 Å². The Bertz CT molecular complexity index is 841. The van der Waals surface area contributed by atoms with Crippen LogP contribution in [-0.2, 0) is 19.1 Å². The molecule has 192 valence electrons. The average molecular weight is 485 g/mol. The molecule has 10 heteroatoms. The molecule has 9 nitrogen and oxygen atoms in total. The first kappa shape index (κ1) is 29.3. The molecule has 0 aliphatic heterocycles. The third-order valence-corrected chi connectivity index (χ3v) is 4.36. The van der Waals surface area contributed by atoms with Crippen molar-refractivity contribution in [2.45, 2.75) is 71.6 Å². The topological polar surface area (TPSA) is 125 Å². The lowest BCUT2D eigenvalue weighted by Crippen LogP contribution is -2.44. The summed E-state index contributed by atoms with van der Waals surface area (Å²) in [5, 5.41) is 20.8. The number of aliphatic hydroxyl groups is 2. The Kier molecular flexibility index (Phi) is 10.9. The molecule has 0 aliphatic carbocycles. The Morgan fingerprint density at radius 2 is 1.56 bits per heavy atom. The zero-order valence-electron chi connectivity index (χ0n) is 20.8. The summed E-state index contributed by atoms with van der Waals surface area (Å²) in [7, 11) is 0. The molecule has 0 aliphatic rings. The van der Waals surface area contributed by atoms with Gasteiger partial charge < -0.3 is 29.9 Å². The van der Waals surface area contributed by atoms with E-state index in [0.29, 0.717) is 5.69 Å². The van der Waals surface area contributed by atoms with E-state index in [1.807, 2.05) is 0 Å². The fourth-order valence-corrected chi connectivity index (χ4v) is 3.01. The Morgan fingerprint density at radius 1 is 1.00 bits per heavy atom. The van der Waals surface area contributed by atoms with Gasteiger partial charge in [-0.05, 0) is 66.2 Å². The number of nitrogens with one attached hydrogen (secondary N) is 1. The zero-order chi connectivity index (χ0) is 26.1. The summed E-state index contributed by atoms with van der Waals surface area (Å²) in [6, 6.07) is 2.65. The first-order valence-corrected chi connectivity index (χ1v) is 11.2. The molecular formula is C24H37FN2O7. The summed E-state index contributed by atoms with van der Waals surface area (Å²) in [4.78, 5) is 39.1. The highest BCUT2D eigenvalue weighted by Crippen LogP contribution is 2.20. The highest BCUT2D eigenvalue weighted by Gasteiger charge is 2.29. The maximum Gasteiger partial charge on any atom is 0.329 e. The van der Waals surface area contributed by atoms with E-state index in [-0.39, 0.29) is 44.7 Å². The van der Waals surface area contributed by atoms with Crippen LogP contribution in [-0.4, -0.2) is 71.6 Å². The lowest BCUT2D eigenvalue weighted by Gasteiger charge is -2.25. The van der Waals surface area contributed by atoms with Crippen molar-refractivity contribution in [3.8, 4) is 0 Å². The van der Waals surface area contributed by atoms with Crippen molar-refractivity contribution in [2.24, 2.45) is 0 Å². The van der Waals surface area contributed by atoms with Gasteiger partial charge in [0.25, 0.3) is 5.91 Å². The molecule has 0 radical (unpaired) electrons. The molecule has 0 saturated carbocycles. The quantitative estimate of drug-likeness (QED) is 0.408. The van der Waals surface area contributed by atoms with Crippen molar-refractivity contribution < 1.29 is 38.5 Å². The second-order valence-corrected chi connectivity index (χ2v) is 9.78. The first-order valence-electron chi connectivity index (χ1n) is 11.2. The van der Waals surface area contributed by atoms with Crippen LogP contribution in [0.5, 0.6) is 0 Å². The molecule has 34 heavy (non-hydrogen) atoms. The number of carbonyl (C=O) groups is 3. The van der Waals surface area contributed by atoms with Crippen LogP contribution in [0.4, 0.5) is 10.1 Å². The van der Waals surface area contributed by atoms with Gasteiger partial charge in [0.15, 0.2) is 0 Å². The molecule has 0 spiro atoms. The molecule has 0 bridgehead atoms. The lowest BCUT2D eigenvalue weighted by atomic mass is 10.1. The van der Waals surface area contributed by atoms with E-state index < -0.39 is 40.9 Å². The van der Waals surface area contributed by atoms with Gasteiger partial charge in [0.2, 0.25) is 0 Å². The highest BCUT2D eigenvalue weighted by atomic mass is 19.1. The molecule has 1 amide bonds. The van der Waals surface area contributed by atoms with Gasteiger partial charge in [-0.25, -0.2) is 9.18 Å². The Morgan fingerprint density at radius 3 is 2.03 bits per heavy atom. The largest absolute Gasteiger partial charge is 0.460 e. The second kappa shape index (κ2) is 12.7. The Balaban J connectivity index is 3.04. The number of esters is 2. The van der Waals surface area contributed by atoms with Gasteiger partial charge in [0.05, 0.1) is 18.8 Å². The van der Waals surface area contributed by atoms with Crippen molar-refractivity contribution in [3.63, 3.8) is 0 Å². The average Bonchev–Trinajstić information content (AvgIpc) is 2.68. The predicted octanol–water partition coefficient (Wildman–Crippen LogP) is 2.18. The number of rotatable bonds is 11. The summed E-state index contributed by atoms with van der Waals surface area (Å²) >= 11 is 0. The number of hydrogen-bond acceptors (Lipinski definition) is 8. The van der Waals surface area contributed by atoms with E-state index in [9.17, 15) is 18.8 Å². The van der Waals surface area contributed by atoms with Crippen molar-refractivity contribution in [2.75, 3.05) is 31.2 Å². The summed E-state index contributed by atoms with van der Waals surface area (Å²) < 4.78 is 25.4. The normalized spacial score (nSPS) is 12.6. The molecular weight excluding hydrogens is 447 g/mol. The Labute approximate surface area is 200 Å². The van der Waals surface area contributed by atoms with E-state index in [1.165, 1.54) is 12.1 Å². The number of aliphatic hydroxyl groups excluding tert-OH is 2. The minimum absolute atomic E-state index is 0.0873. The number of ether oxygens (including phenoxy) is 2. The molecule has 3 N–H and O–H groups in total. The number of carbonyl (C=O) groups excluding carboxylic acids is 3. The maximum atomic E-state index is 14.8. The zero-order valence-corrected chi connectivity index (χ0v) is 20.8. The third-order valence-electron chi connectivity index (χ3n) is 4.36. The predicted molar refractivity (Wildman–Crippen MR) is 125 cm³/mol. The highest BCUT2D eigenvalue weighted by molar-refractivity contribution is 5.97. The van der Waals surface area contributed by atoms with E-state index in [4.69, 9.17) is 19.7 Å². The molecule has 0 aromatic heterocycles. The number of amides is 1. The Hall–Kier alpha value is -2.72. The van der Waals surface area contributed by atoms with Crippen LogP contribution in [0.1, 0.15) is 64.7 Å². The van der Waals surface area contributed by atoms with Crippen molar-refractivity contribution in [1.82, 2.24) is 5.32 Å². The molecule has 0 unspecified atom stereocenters. The summed E-state index contributed by atoms with van der Waals surface area (Å²) in [5.74, 6) is -2.98. The molecule has 0 fully saturated rings. The number of hydrogen-bond donors (Lipinski definition) is 3. The van der Waals surface area contributed by atoms with Gasteiger partial charge in [-0.3, -0.25) is 9.59 Å². The van der Waals surface area contributed by atoms with E-state index >= 15 is 0 Å². The summed E-state index contributed by atoms with van der Waals surface area (Å²) in [6.07, 6.45) is -0.240. The smallest absolute Gasteiger partial charge is 0.329 e. The molecule has 1 atom stereocenters. The van der Waals surface area contributed by atoms with Crippen molar-refractivity contribution in [3.05, 3.63) is 29.6 Å². The molecule has 1 aromatic rings. The van der Waals surface area contributed by atoms with Crippen LogP contribution in [0.25, 0.3) is 0 Å². The lowest BCUT2D eigenvalue weighted by molar-refractivity contribution is -0.158. The summed E-state index contributed by atoms with van der Waals surface area (Å²) in [5.41, 5.74) is -1.46. The standard InChI is InChI=1S/C24H37FN2O7/c1-23(2,3)33-20(30)10-9-19(22(32)34-24(4,5)6)26-21(31)17-8-7-16(15-18(17)25)27(11-13-28)12-14-29/h7-8,15,19,28-29H,9-14H2,1-6H3,(H,26,31)/t19-/m0/s1. The minimum atomic E-state index is -1.20. The summed E-state index contributed by atoms with van der Waals surface area (Å²) in [6.45, 7) is 10.1. The second-order valence-electron chi connectivity index (χ2n) is 9.78. The van der Waals surface area contributed by atoms with Crippen LogP contribution in [0.2, 0.25) is 0 Å². The maximum absolute atomic E-state index is 14.8. The van der Waals surface area contributed by atoms with Gasteiger partial charge in [-0.15, -0.1) is 0 Å². The monoisotopic (exact) mass is 484 g/mol. The van der Waals surface area contributed by atoms with Crippen LogP contribution in [0.3, 0.4) is 0 Å². The van der Waals surface area contributed by atoms with Crippen LogP contribution in [0.15, 0.2) is 18.2 Å². The third kappa shape index (κ3) is 10.5. The molecule has 1 aromatic carbocycles. The van der Waals surface area contributed by atoms with Crippen LogP contribution < -0.4 is 10.2 Å². The van der Waals surface area contributed by atoms with E-state index in [1.54, 1.807) is 46.4 Å². The van der Waals surface area contributed by atoms with Crippen LogP contribution >= 0.6 is 0 Å². The van der Waals surface area contributed by atoms with Crippen LogP contribution in [0, 0.1) is 5.82 Å². The van der Waals surface area contributed by atoms with Gasteiger partial charge >= 0.3 is 11.9 Å². The molecule has 0 heterocycles. The SMILES string of the molecule is CC(C)(C)OC(=O)CC[C@H](NC(=O)c1ccc(N(CCO)CCO)cc1F)C(=O)OC(C)(C)C. The van der Waals surface area contributed by atoms with E-state index in [2.05, 4.69) is 5.32 Å². The molecule has 1 rings (SSSR count). The number of halogens is 1. The fraction of sp³-hybridized carbons (Fsp3) is 0.625. The number of benzene rings is 1.